The Morgan fingerprint density at radius 3 is 2.45 bits per heavy atom. The van der Waals surface area contributed by atoms with Crippen LogP contribution in [0.15, 0.2) is 24.3 Å². The van der Waals surface area contributed by atoms with Gasteiger partial charge in [0.2, 0.25) is 0 Å². The number of carbonyl (C=O) groups excluding carboxylic acids is 1. The summed E-state index contributed by atoms with van der Waals surface area (Å²) in [5.74, 6) is -0.266. The molecule has 20 heavy (non-hydrogen) atoms. The Labute approximate surface area is 121 Å². The first-order valence-corrected chi connectivity index (χ1v) is 7.66. The molecule has 0 bridgehead atoms. The van der Waals surface area contributed by atoms with Gasteiger partial charge >= 0.3 is 5.97 Å². The highest BCUT2D eigenvalue weighted by Crippen LogP contribution is 2.23. The van der Waals surface area contributed by atoms with Gasteiger partial charge in [0.15, 0.2) is 0 Å². The lowest BCUT2D eigenvalue weighted by atomic mass is 10.1. The SMILES string of the molecule is CCN(CCc1ccc(C(=O)OC)cc1)C1CCCC1. The molecular weight excluding hydrogens is 250 g/mol. The molecule has 1 saturated carbocycles. The van der Waals surface area contributed by atoms with E-state index in [1.165, 1.54) is 38.4 Å². The van der Waals surface area contributed by atoms with Crippen LogP contribution in [0.4, 0.5) is 0 Å². The summed E-state index contributed by atoms with van der Waals surface area (Å²) in [6.07, 6.45) is 6.53. The number of rotatable bonds is 6. The van der Waals surface area contributed by atoms with Crippen LogP contribution in [0.1, 0.15) is 48.5 Å². The van der Waals surface area contributed by atoms with Crippen molar-refractivity contribution >= 4 is 5.97 Å². The Bertz CT molecular complexity index is 421. The van der Waals surface area contributed by atoms with E-state index < -0.39 is 0 Å². The molecule has 0 amide bonds. The van der Waals surface area contributed by atoms with Crippen molar-refractivity contribution in [2.24, 2.45) is 0 Å². The summed E-state index contributed by atoms with van der Waals surface area (Å²) in [5, 5.41) is 0. The molecule has 1 fully saturated rings. The molecule has 0 saturated heterocycles. The van der Waals surface area contributed by atoms with Crippen LogP contribution >= 0.6 is 0 Å². The van der Waals surface area contributed by atoms with E-state index in [4.69, 9.17) is 4.74 Å². The molecule has 1 aliphatic rings. The molecule has 0 spiro atoms. The zero-order valence-corrected chi connectivity index (χ0v) is 12.6. The highest BCUT2D eigenvalue weighted by Gasteiger charge is 2.20. The van der Waals surface area contributed by atoms with Gasteiger partial charge in [0.25, 0.3) is 0 Å². The number of hydrogen-bond donors (Lipinski definition) is 0. The second kappa shape index (κ2) is 7.44. The third-order valence-electron chi connectivity index (χ3n) is 4.31. The van der Waals surface area contributed by atoms with Gasteiger partial charge in [-0.2, -0.15) is 0 Å². The van der Waals surface area contributed by atoms with Gasteiger partial charge in [-0.15, -0.1) is 0 Å². The molecule has 110 valence electrons. The molecule has 0 unspecified atom stereocenters. The second-order valence-electron chi connectivity index (χ2n) is 5.51. The van der Waals surface area contributed by atoms with E-state index in [0.717, 1.165) is 25.6 Å². The van der Waals surface area contributed by atoms with Crippen molar-refractivity contribution in [3.63, 3.8) is 0 Å². The van der Waals surface area contributed by atoms with E-state index in [1.54, 1.807) is 0 Å². The molecule has 1 aliphatic carbocycles. The number of likely N-dealkylation sites (N-methyl/N-ethyl adjacent to an activating group) is 1. The minimum absolute atomic E-state index is 0.266. The van der Waals surface area contributed by atoms with Crippen molar-refractivity contribution in [1.29, 1.82) is 0 Å². The van der Waals surface area contributed by atoms with Gasteiger partial charge in [0.1, 0.15) is 0 Å². The fraction of sp³-hybridized carbons (Fsp3) is 0.588. The van der Waals surface area contributed by atoms with Crippen molar-refractivity contribution in [3.8, 4) is 0 Å². The third kappa shape index (κ3) is 3.83. The first-order chi connectivity index (χ1) is 9.74. The quantitative estimate of drug-likeness (QED) is 0.746. The summed E-state index contributed by atoms with van der Waals surface area (Å²) in [7, 11) is 1.41. The summed E-state index contributed by atoms with van der Waals surface area (Å²) in [6.45, 7) is 4.49. The monoisotopic (exact) mass is 275 g/mol. The fourth-order valence-electron chi connectivity index (χ4n) is 3.07. The van der Waals surface area contributed by atoms with Crippen LogP contribution in [0, 0.1) is 0 Å². The topological polar surface area (TPSA) is 29.5 Å². The van der Waals surface area contributed by atoms with Crippen LogP contribution < -0.4 is 0 Å². The molecule has 3 heteroatoms. The second-order valence-corrected chi connectivity index (χ2v) is 5.51. The Balaban J connectivity index is 1.87. The maximum absolute atomic E-state index is 11.4. The molecule has 0 N–H and O–H groups in total. The highest BCUT2D eigenvalue weighted by atomic mass is 16.5. The highest BCUT2D eigenvalue weighted by molar-refractivity contribution is 5.89. The zero-order valence-electron chi connectivity index (χ0n) is 12.6. The molecule has 0 radical (unpaired) electrons. The van der Waals surface area contributed by atoms with Gasteiger partial charge in [-0.05, 0) is 43.5 Å². The zero-order chi connectivity index (χ0) is 14.4. The summed E-state index contributed by atoms with van der Waals surface area (Å²) >= 11 is 0. The Morgan fingerprint density at radius 1 is 1.25 bits per heavy atom. The van der Waals surface area contributed by atoms with E-state index in [1.807, 2.05) is 24.3 Å². The van der Waals surface area contributed by atoms with Crippen LogP contribution in [0.3, 0.4) is 0 Å². The predicted molar refractivity (Wildman–Crippen MR) is 81.0 cm³/mol. The number of nitrogens with zero attached hydrogens (tertiary/aromatic N) is 1. The molecule has 3 nitrogen and oxygen atoms in total. The average molecular weight is 275 g/mol. The lowest BCUT2D eigenvalue weighted by Crippen LogP contribution is -2.34. The number of ether oxygens (including phenoxy) is 1. The first kappa shape index (κ1) is 15.0. The van der Waals surface area contributed by atoms with Crippen molar-refractivity contribution in [2.45, 2.75) is 45.1 Å². The van der Waals surface area contributed by atoms with Gasteiger partial charge < -0.3 is 9.64 Å². The van der Waals surface area contributed by atoms with E-state index in [-0.39, 0.29) is 5.97 Å². The maximum atomic E-state index is 11.4. The summed E-state index contributed by atoms with van der Waals surface area (Å²) in [4.78, 5) is 14.0. The molecular formula is C17H25NO2. The van der Waals surface area contributed by atoms with Crippen LogP contribution in [-0.2, 0) is 11.2 Å². The first-order valence-electron chi connectivity index (χ1n) is 7.66. The number of carbonyl (C=O) groups is 1. The number of hydrogen-bond acceptors (Lipinski definition) is 3. The Morgan fingerprint density at radius 2 is 1.90 bits per heavy atom. The molecule has 0 aliphatic heterocycles. The van der Waals surface area contributed by atoms with Gasteiger partial charge in [0, 0.05) is 12.6 Å². The van der Waals surface area contributed by atoms with Gasteiger partial charge in [-0.1, -0.05) is 31.9 Å². The molecule has 0 atom stereocenters. The standard InChI is InChI=1S/C17H25NO2/c1-3-18(16-6-4-5-7-16)13-12-14-8-10-15(11-9-14)17(19)20-2/h8-11,16H,3-7,12-13H2,1-2H3. The van der Waals surface area contributed by atoms with Crippen LogP contribution in [0.5, 0.6) is 0 Å². The van der Waals surface area contributed by atoms with Gasteiger partial charge in [-0.25, -0.2) is 4.79 Å². The van der Waals surface area contributed by atoms with E-state index in [9.17, 15) is 4.79 Å². The minimum atomic E-state index is -0.266. The summed E-state index contributed by atoms with van der Waals surface area (Å²) < 4.78 is 4.71. The molecule has 0 heterocycles. The summed E-state index contributed by atoms with van der Waals surface area (Å²) in [6, 6.07) is 8.57. The Kier molecular flexibility index (Phi) is 5.60. The smallest absolute Gasteiger partial charge is 0.337 e. The number of methoxy groups -OCH3 is 1. The molecule has 0 aromatic heterocycles. The van der Waals surface area contributed by atoms with Gasteiger partial charge in [-0.3, -0.25) is 0 Å². The van der Waals surface area contributed by atoms with Crippen LogP contribution in [0.2, 0.25) is 0 Å². The lowest BCUT2D eigenvalue weighted by Gasteiger charge is -2.27. The maximum Gasteiger partial charge on any atom is 0.337 e. The van der Waals surface area contributed by atoms with Crippen molar-refractivity contribution < 1.29 is 9.53 Å². The summed E-state index contributed by atoms with van der Waals surface area (Å²) in [5.41, 5.74) is 1.91. The van der Waals surface area contributed by atoms with Gasteiger partial charge in [0.05, 0.1) is 12.7 Å². The fourth-order valence-corrected chi connectivity index (χ4v) is 3.07. The molecule has 1 aromatic carbocycles. The minimum Gasteiger partial charge on any atom is -0.465 e. The third-order valence-corrected chi connectivity index (χ3v) is 4.31. The Hall–Kier alpha value is -1.35. The van der Waals surface area contributed by atoms with Crippen molar-refractivity contribution in [3.05, 3.63) is 35.4 Å². The number of benzene rings is 1. The van der Waals surface area contributed by atoms with Crippen LogP contribution in [0.25, 0.3) is 0 Å². The molecule has 1 aromatic rings. The van der Waals surface area contributed by atoms with E-state index in [2.05, 4.69) is 11.8 Å². The normalized spacial score (nSPS) is 15.8. The van der Waals surface area contributed by atoms with Crippen molar-refractivity contribution in [2.75, 3.05) is 20.2 Å². The average Bonchev–Trinajstić information content (AvgIpc) is 3.02. The van der Waals surface area contributed by atoms with Crippen LogP contribution in [-0.4, -0.2) is 37.1 Å². The number of esters is 1. The lowest BCUT2D eigenvalue weighted by molar-refractivity contribution is 0.0600. The van der Waals surface area contributed by atoms with Crippen molar-refractivity contribution in [1.82, 2.24) is 4.90 Å². The predicted octanol–water partition coefficient (Wildman–Crippen LogP) is 3.28. The van der Waals surface area contributed by atoms with E-state index >= 15 is 0 Å². The molecule has 2 rings (SSSR count). The van der Waals surface area contributed by atoms with E-state index in [0.29, 0.717) is 5.56 Å². The largest absolute Gasteiger partial charge is 0.465 e.